The van der Waals surface area contributed by atoms with Gasteiger partial charge < -0.3 is 19.7 Å². The van der Waals surface area contributed by atoms with Gasteiger partial charge in [-0.25, -0.2) is 4.39 Å². The average Bonchev–Trinajstić information content (AvgIpc) is 2.65. The van der Waals surface area contributed by atoms with Crippen molar-refractivity contribution in [3.05, 3.63) is 59.4 Å². The number of carbonyl (C=O) groups excluding carboxylic acids is 2. The fraction of sp³-hybridized carbons (Fsp3) is 0.263. The van der Waals surface area contributed by atoms with Crippen LogP contribution in [-0.2, 0) is 11.3 Å². The summed E-state index contributed by atoms with van der Waals surface area (Å²) in [5.41, 5.74) is 0.628. The highest BCUT2D eigenvalue weighted by atomic mass is 19.3. The number of methoxy groups -OCH3 is 1. The standard InChI is InChI=1S/C19H19F3N2O4/c1-24(11-12-6-7-15(27-2)16(8-12)28-19(21)22)17(25)10-23-18(26)13-4-3-5-14(20)9-13/h3-9,19H,10-11H2,1-2H3,(H,23,26). The zero-order valence-electron chi connectivity index (χ0n) is 15.2. The number of hydrogen-bond donors (Lipinski definition) is 1. The number of nitrogens with one attached hydrogen (secondary N) is 1. The number of halogens is 3. The van der Waals surface area contributed by atoms with E-state index in [9.17, 15) is 22.8 Å². The number of likely N-dealkylation sites (N-methyl/N-ethyl adjacent to an activating group) is 1. The van der Waals surface area contributed by atoms with Crippen LogP contribution in [-0.4, -0.2) is 44.0 Å². The van der Waals surface area contributed by atoms with Crippen molar-refractivity contribution in [3.63, 3.8) is 0 Å². The van der Waals surface area contributed by atoms with Crippen LogP contribution in [0.2, 0.25) is 0 Å². The van der Waals surface area contributed by atoms with Gasteiger partial charge in [-0.15, -0.1) is 0 Å². The molecule has 2 rings (SSSR count). The first-order valence-electron chi connectivity index (χ1n) is 8.19. The lowest BCUT2D eigenvalue weighted by Gasteiger charge is -2.19. The average molecular weight is 396 g/mol. The Labute approximate surface area is 159 Å². The minimum absolute atomic E-state index is 0.0955. The Morgan fingerprint density at radius 2 is 1.89 bits per heavy atom. The topological polar surface area (TPSA) is 67.9 Å². The Bertz CT molecular complexity index is 846. The molecule has 0 atom stereocenters. The Morgan fingerprint density at radius 1 is 1.14 bits per heavy atom. The Hall–Kier alpha value is -3.23. The van der Waals surface area contributed by atoms with E-state index in [4.69, 9.17) is 4.74 Å². The predicted octanol–water partition coefficient (Wildman–Crippen LogP) is 2.82. The first-order chi connectivity index (χ1) is 13.3. The number of hydrogen-bond acceptors (Lipinski definition) is 4. The fourth-order valence-corrected chi connectivity index (χ4v) is 2.39. The summed E-state index contributed by atoms with van der Waals surface area (Å²) < 4.78 is 47.5. The van der Waals surface area contributed by atoms with E-state index >= 15 is 0 Å². The van der Waals surface area contributed by atoms with Crippen LogP contribution in [0.15, 0.2) is 42.5 Å². The first kappa shape index (κ1) is 21.1. The van der Waals surface area contributed by atoms with Crippen molar-refractivity contribution in [1.29, 1.82) is 0 Å². The second-order valence-electron chi connectivity index (χ2n) is 5.81. The van der Waals surface area contributed by atoms with E-state index in [1.165, 1.54) is 49.4 Å². The maximum Gasteiger partial charge on any atom is 0.387 e. The number of carbonyl (C=O) groups is 2. The van der Waals surface area contributed by atoms with Crippen molar-refractivity contribution in [2.75, 3.05) is 20.7 Å². The van der Waals surface area contributed by atoms with Crippen LogP contribution in [0.3, 0.4) is 0 Å². The lowest BCUT2D eigenvalue weighted by Crippen LogP contribution is -2.37. The van der Waals surface area contributed by atoms with Crippen LogP contribution >= 0.6 is 0 Å². The van der Waals surface area contributed by atoms with Gasteiger partial charge in [0.15, 0.2) is 11.5 Å². The molecule has 9 heteroatoms. The van der Waals surface area contributed by atoms with Gasteiger partial charge in [0.1, 0.15) is 5.82 Å². The van der Waals surface area contributed by atoms with Crippen LogP contribution in [0.1, 0.15) is 15.9 Å². The molecule has 0 heterocycles. The van der Waals surface area contributed by atoms with E-state index < -0.39 is 24.2 Å². The maximum absolute atomic E-state index is 13.1. The molecular weight excluding hydrogens is 377 g/mol. The highest BCUT2D eigenvalue weighted by Crippen LogP contribution is 2.29. The Morgan fingerprint density at radius 3 is 2.54 bits per heavy atom. The molecule has 0 unspecified atom stereocenters. The summed E-state index contributed by atoms with van der Waals surface area (Å²) in [6.45, 7) is -3.22. The zero-order chi connectivity index (χ0) is 20.7. The van der Waals surface area contributed by atoms with E-state index in [0.717, 1.165) is 6.07 Å². The van der Waals surface area contributed by atoms with Crippen LogP contribution < -0.4 is 14.8 Å². The molecule has 0 fully saturated rings. The van der Waals surface area contributed by atoms with Gasteiger partial charge in [0, 0.05) is 19.2 Å². The third-order valence-electron chi connectivity index (χ3n) is 3.78. The van der Waals surface area contributed by atoms with Crippen molar-refractivity contribution in [2.24, 2.45) is 0 Å². The van der Waals surface area contributed by atoms with Gasteiger partial charge >= 0.3 is 6.61 Å². The first-order valence-corrected chi connectivity index (χ1v) is 8.19. The van der Waals surface area contributed by atoms with E-state index in [-0.39, 0.29) is 30.2 Å². The van der Waals surface area contributed by atoms with Crippen LogP contribution in [0, 0.1) is 5.82 Å². The van der Waals surface area contributed by atoms with Crippen molar-refractivity contribution in [3.8, 4) is 11.5 Å². The van der Waals surface area contributed by atoms with E-state index in [1.807, 2.05) is 0 Å². The number of nitrogens with zero attached hydrogens (tertiary/aromatic N) is 1. The summed E-state index contributed by atoms with van der Waals surface area (Å²) in [5, 5.41) is 2.41. The number of alkyl halides is 2. The second kappa shape index (κ2) is 9.63. The van der Waals surface area contributed by atoms with Crippen LogP contribution in [0.4, 0.5) is 13.2 Å². The lowest BCUT2D eigenvalue weighted by atomic mass is 10.2. The molecule has 0 aliphatic carbocycles. The molecule has 28 heavy (non-hydrogen) atoms. The molecule has 6 nitrogen and oxygen atoms in total. The predicted molar refractivity (Wildman–Crippen MR) is 94.8 cm³/mol. The summed E-state index contributed by atoms with van der Waals surface area (Å²) in [4.78, 5) is 25.5. The summed E-state index contributed by atoms with van der Waals surface area (Å²) in [7, 11) is 2.82. The van der Waals surface area contributed by atoms with E-state index in [0.29, 0.717) is 5.56 Å². The fourth-order valence-electron chi connectivity index (χ4n) is 2.39. The quantitative estimate of drug-likeness (QED) is 0.745. The molecule has 0 radical (unpaired) electrons. The molecule has 0 aliphatic heterocycles. The van der Waals surface area contributed by atoms with Crippen molar-refractivity contribution >= 4 is 11.8 Å². The molecule has 0 saturated heterocycles. The highest BCUT2D eigenvalue weighted by molar-refractivity contribution is 5.96. The lowest BCUT2D eigenvalue weighted by molar-refractivity contribution is -0.129. The Balaban J connectivity index is 1.95. The van der Waals surface area contributed by atoms with Gasteiger partial charge in [-0.3, -0.25) is 9.59 Å². The minimum Gasteiger partial charge on any atom is -0.493 e. The third-order valence-corrected chi connectivity index (χ3v) is 3.78. The SMILES string of the molecule is COc1ccc(CN(C)C(=O)CNC(=O)c2cccc(F)c2)cc1OC(F)F. The smallest absolute Gasteiger partial charge is 0.387 e. The number of benzene rings is 2. The summed E-state index contributed by atoms with van der Waals surface area (Å²) in [5.74, 6) is -1.57. The number of rotatable bonds is 8. The van der Waals surface area contributed by atoms with Crippen molar-refractivity contribution < 1.29 is 32.2 Å². The summed E-state index contributed by atoms with van der Waals surface area (Å²) in [6.07, 6.45) is 0. The molecule has 0 bridgehead atoms. The molecule has 0 aliphatic rings. The van der Waals surface area contributed by atoms with Crippen molar-refractivity contribution in [1.82, 2.24) is 10.2 Å². The van der Waals surface area contributed by atoms with Crippen molar-refractivity contribution in [2.45, 2.75) is 13.2 Å². The molecule has 0 spiro atoms. The minimum atomic E-state index is -3.01. The molecule has 1 N–H and O–H groups in total. The third kappa shape index (κ3) is 5.90. The van der Waals surface area contributed by atoms with Gasteiger partial charge in [-0.05, 0) is 35.9 Å². The molecule has 2 aromatic rings. The molecule has 2 amide bonds. The maximum atomic E-state index is 13.1. The molecule has 0 aromatic heterocycles. The Kier molecular flexibility index (Phi) is 7.25. The molecular formula is C19H19F3N2O4. The largest absolute Gasteiger partial charge is 0.493 e. The van der Waals surface area contributed by atoms with Gasteiger partial charge in [-0.1, -0.05) is 12.1 Å². The summed E-state index contributed by atoms with van der Waals surface area (Å²) >= 11 is 0. The van der Waals surface area contributed by atoms with E-state index in [2.05, 4.69) is 10.1 Å². The van der Waals surface area contributed by atoms with Gasteiger partial charge in [0.2, 0.25) is 5.91 Å². The molecule has 2 aromatic carbocycles. The van der Waals surface area contributed by atoms with Gasteiger partial charge in [-0.2, -0.15) is 8.78 Å². The second-order valence-corrected chi connectivity index (χ2v) is 5.81. The van der Waals surface area contributed by atoms with Gasteiger partial charge in [0.25, 0.3) is 5.91 Å². The van der Waals surface area contributed by atoms with Crippen LogP contribution in [0.5, 0.6) is 11.5 Å². The number of amides is 2. The number of ether oxygens (including phenoxy) is 2. The summed E-state index contributed by atoms with van der Waals surface area (Å²) in [6, 6.07) is 9.49. The highest BCUT2D eigenvalue weighted by Gasteiger charge is 2.15. The molecule has 150 valence electrons. The monoisotopic (exact) mass is 396 g/mol. The zero-order valence-corrected chi connectivity index (χ0v) is 15.2. The van der Waals surface area contributed by atoms with Gasteiger partial charge in [0.05, 0.1) is 13.7 Å². The van der Waals surface area contributed by atoms with E-state index in [1.54, 1.807) is 6.07 Å². The van der Waals surface area contributed by atoms with Crippen LogP contribution in [0.25, 0.3) is 0 Å². The molecule has 0 saturated carbocycles. The normalized spacial score (nSPS) is 10.5.